The number of rotatable bonds is 5. The number of benzene rings is 1. The van der Waals surface area contributed by atoms with Gasteiger partial charge in [-0.25, -0.2) is 4.98 Å². The van der Waals surface area contributed by atoms with Crippen molar-refractivity contribution in [1.29, 1.82) is 0 Å². The van der Waals surface area contributed by atoms with E-state index >= 15 is 0 Å². The standard InChI is InChI=1S/C15H19N3OS/c1-3-11(8-16)15(19)18-13-6-4-12(5-7-13)14-9-20-10(2)17-14/h4-7,9,11H,3,8,16H2,1-2H3,(H,18,19). The van der Waals surface area contributed by atoms with Gasteiger partial charge in [-0.2, -0.15) is 0 Å². The van der Waals surface area contributed by atoms with E-state index in [-0.39, 0.29) is 11.8 Å². The van der Waals surface area contributed by atoms with E-state index in [1.54, 1.807) is 11.3 Å². The first-order chi connectivity index (χ1) is 9.63. The van der Waals surface area contributed by atoms with Crippen LogP contribution in [0.2, 0.25) is 0 Å². The van der Waals surface area contributed by atoms with Gasteiger partial charge in [-0.3, -0.25) is 4.79 Å². The van der Waals surface area contributed by atoms with E-state index in [1.165, 1.54) is 0 Å². The molecule has 106 valence electrons. The molecule has 0 fully saturated rings. The van der Waals surface area contributed by atoms with E-state index < -0.39 is 0 Å². The van der Waals surface area contributed by atoms with E-state index in [2.05, 4.69) is 10.3 Å². The van der Waals surface area contributed by atoms with Crippen LogP contribution < -0.4 is 11.1 Å². The summed E-state index contributed by atoms with van der Waals surface area (Å²) in [6.45, 7) is 4.32. The maximum absolute atomic E-state index is 11.9. The van der Waals surface area contributed by atoms with Gasteiger partial charge in [0, 0.05) is 23.2 Å². The summed E-state index contributed by atoms with van der Waals surface area (Å²) in [5.41, 5.74) is 8.39. The van der Waals surface area contributed by atoms with Gasteiger partial charge < -0.3 is 11.1 Å². The van der Waals surface area contributed by atoms with Crippen LogP contribution in [0.5, 0.6) is 0 Å². The number of nitrogens with two attached hydrogens (primary N) is 1. The van der Waals surface area contributed by atoms with Crippen LogP contribution in [-0.2, 0) is 4.79 Å². The molecule has 2 aromatic rings. The van der Waals surface area contributed by atoms with Gasteiger partial charge >= 0.3 is 0 Å². The fraction of sp³-hybridized carbons (Fsp3) is 0.333. The van der Waals surface area contributed by atoms with Crippen molar-refractivity contribution in [3.05, 3.63) is 34.7 Å². The lowest BCUT2D eigenvalue weighted by molar-refractivity contribution is -0.119. The molecule has 1 amide bonds. The normalized spacial score (nSPS) is 12.2. The summed E-state index contributed by atoms with van der Waals surface area (Å²) < 4.78 is 0. The van der Waals surface area contributed by atoms with Crippen LogP contribution in [0.1, 0.15) is 18.4 Å². The molecule has 1 aromatic heterocycles. The van der Waals surface area contributed by atoms with Crippen LogP contribution in [0.25, 0.3) is 11.3 Å². The van der Waals surface area contributed by atoms with Gasteiger partial charge in [-0.05, 0) is 25.5 Å². The first-order valence-electron chi connectivity index (χ1n) is 6.67. The first-order valence-corrected chi connectivity index (χ1v) is 7.55. The third-order valence-electron chi connectivity index (χ3n) is 3.22. The molecule has 1 unspecified atom stereocenters. The fourth-order valence-electron chi connectivity index (χ4n) is 1.92. The highest BCUT2D eigenvalue weighted by Crippen LogP contribution is 2.23. The van der Waals surface area contributed by atoms with Crippen molar-refractivity contribution in [2.45, 2.75) is 20.3 Å². The second-order valence-electron chi connectivity index (χ2n) is 4.66. The number of nitrogens with one attached hydrogen (secondary N) is 1. The molecule has 0 aliphatic rings. The Bertz CT molecular complexity index is 573. The third-order valence-corrected chi connectivity index (χ3v) is 3.99. The molecule has 20 heavy (non-hydrogen) atoms. The molecule has 0 bridgehead atoms. The average molecular weight is 289 g/mol. The van der Waals surface area contributed by atoms with Crippen molar-refractivity contribution in [3.63, 3.8) is 0 Å². The zero-order valence-electron chi connectivity index (χ0n) is 11.7. The number of hydrogen-bond donors (Lipinski definition) is 2. The van der Waals surface area contributed by atoms with Crippen molar-refractivity contribution < 1.29 is 4.79 Å². The second kappa shape index (κ2) is 6.63. The summed E-state index contributed by atoms with van der Waals surface area (Å²) in [4.78, 5) is 16.4. The lowest BCUT2D eigenvalue weighted by atomic mass is 10.1. The van der Waals surface area contributed by atoms with Crippen LogP contribution >= 0.6 is 11.3 Å². The Hall–Kier alpha value is -1.72. The van der Waals surface area contributed by atoms with Crippen LogP contribution in [0.3, 0.4) is 0 Å². The number of thiazole rings is 1. The Morgan fingerprint density at radius 2 is 2.10 bits per heavy atom. The molecule has 3 N–H and O–H groups in total. The molecule has 4 nitrogen and oxygen atoms in total. The van der Waals surface area contributed by atoms with E-state index in [4.69, 9.17) is 5.73 Å². The number of carbonyl (C=O) groups excluding carboxylic acids is 1. The molecule has 0 saturated carbocycles. The monoisotopic (exact) mass is 289 g/mol. The van der Waals surface area contributed by atoms with Gasteiger partial charge in [0.1, 0.15) is 0 Å². The van der Waals surface area contributed by atoms with Crippen LogP contribution in [0.4, 0.5) is 5.69 Å². The van der Waals surface area contributed by atoms with E-state index in [0.29, 0.717) is 6.54 Å². The predicted octanol–water partition coefficient (Wildman–Crippen LogP) is 3.04. The Morgan fingerprint density at radius 1 is 1.40 bits per heavy atom. The Kier molecular flexibility index (Phi) is 4.87. The smallest absolute Gasteiger partial charge is 0.228 e. The van der Waals surface area contributed by atoms with Crippen molar-refractivity contribution in [3.8, 4) is 11.3 Å². The van der Waals surface area contributed by atoms with Crippen LogP contribution in [0.15, 0.2) is 29.6 Å². The van der Waals surface area contributed by atoms with Crippen LogP contribution in [0, 0.1) is 12.8 Å². The minimum Gasteiger partial charge on any atom is -0.330 e. The van der Waals surface area contributed by atoms with Gasteiger partial charge in [0.15, 0.2) is 0 Å². The summed E-state index contributed by atoms with van der Waals surface area (Å²) in [6.07, 6.45) is 0.749. The fourth-order valence-corrected chi connectivity index (χ4v) is 2.55. The SMILES string of the molecule is CCC(CN)C(=O)Nc1ccc(-c2csc(C)n2)cc1. The maximum atomic E-state index is 11.9. The number of amides is 1. The van der Waals surface area contributed by atoms with Gasteiger partial charge in [-0.15, -0.1) is 11.3 Å². The largest absolute Gasteiger partial charge is 0.330 e. The predicted molar refractivity (Wildman–Crippen MR) is 83.8 cm³/mol. The number of aromatic nitrogens is 1. The Balaban J connectivity index is 2.07. The number of nitrogens with zero attached hydrogens (tertiary/aromatic N) is 1. The zero-order valence-corrected chi connectivity index (χ0v) is 12.5. The quantitative estimate of drug-likeness (QED) is 0.889. The summed E-state index contributed by atoms with van der Waals surface area (Å²) in [5.74, 6) is -0.150. The highest BCUT2D eigenvalue weighted by molar-refractivity contribution is 7.09. The molecule has 1 aromatic carbocycles. The molecule has 0 spiro atoms. The van der Waals surface area contributed by atoms with E-state index in [9.17, 15) is 4.79 Å². The molecule has 0 saturated heterocycles. The minimum absolute atomic E-state index is 0.0211. The molecular weight excluding hydrogens is 270 g/mol. The molecule has 2 rings (SSSR count). The lowest BCUT2D eigenvalue weighted by Gasteiger charge is -2.12. The van der Waals surface area contributed by atoms with Gasteiger partial charge in [0.25, 0.3) is 0 Å². The molecule has 0 aliphatic carbocycles. The number of carbonyl (C=O) groups is 1. The number of hydrogen-bond acceptors (Lipinski definition) is 4. The number of aryl methyl sites for hydroxylation is 1. The lowest BCUT2D eigenvalue weighted by Crippen LogP contribution is -2.28. The summed E-state index contributed by atoms with van der Waals surface area (Å²) >= 11 is 1.63. The van der Waals surface area contributed by atoms with Crippen molar-refractivity contribution in [1.82, 2.24) is 4.98 Å². The molecule has 0 radical (unpaired) electrons. The van der Waals surface area contributed by atoms with Crippen molar-refractivity contribution in [2.24, 2.45) is 11.7 Å². The highest BCUT2D eigenvalue weighted by atomic mass is 32.1. The highest BCUT2D eigenvalue weighted by Gasteiger charge is 2.14. The molecule has 0 aliphatic heterocycles. The zero-order chi connectivity index (χ0) is 14.5. The van der Waals surface area contributed by atoms with Gasteiger partial charge in [-0.1, -0.05) is 19.1 Å². The minimum atomic E-state index is -0.129. The first kappa shape index (κ1) is 14.7. The molecule has 1 heterocycles. The van der Waals surface area contributed by atoms with Gasteiger partial charge in [0.05, 0.1) is 16.6 Å². The molecule has 5 heteroatoms. The Labute approximate surface area is 123 Å². The number of anilines is 1. The third kappa shape index (κ3) is 3.43. The topological polar surface area (TPSA) is 68.0 Å². The second-order valence-corrected chi connectivity index (χ2v) is 5.72. The van der Waals surface area contributed by atoms with E-state index in [0.717, 1.165) is 28.4 Å². The van der Waals surface area contributed by atoms with Crippen molar-refractivity contribution in [2.75, 3.05) is 11.9 Å². The summed E-state index contributed by atoms with van der Waals surface area (Å²) in [5, 5.41) is 5.97. The molecule has 1 atom stereocenters. The maximum Gasteiger partial charge on any atom is 0.228 e. The summed E-state index contributed by atoms with van der Waals surface area (Å²) in [7, 11) is 0. The van der Waals surface area contributed by atoms with Gasteiger partial charge in [0.2, 0.25) is 5.91 Å². The average Bonchev–Trinajstić information content (AvgIpc) is 2.87. The Morgan fingerprint density at radius 3 is 2.60 bits per heavy atom. The molecular formula is C15H19N3OS. The summed E-state index contributed by atoms with van der Waals surface area (Å²) in [6, 6.07) is 7.72. The van der Waals surface area contributed by atoms with Crippen LogP contribution in [-0.4, -0.2) is 17.4 Å². The van der Waals surface area contributed by atoms with E-state index in [1.807, 2.05) is 43.5 Å². The van der Waals surface area contributed by atoms with Crippen molar-refractivity contribution >= 4 is 22.9 Å².